The first-order valence-corrected chi connectivity index (χ1v) is 12.3. The zero-order valence-electron chi connectivity index (χ0n) is 19.3. The lowest BCUT2D eigenvalue weighted by Gasteiger charge is -2.26. The minimum Gasteiger partial charge on any atom is -0.493 e. The van der Waals surface area contributed by atoms with Crippen LogP contribution in [0.4, 0.5) is 5.82 Å². The second-order valence-corrected chi connectivity index (χ2v) is 9.25. The molecule has 1 N–H and O–H groups in total. The molecule has 0 atom stereocenters. The molecule has 5 rings (SSSR count). The number of methoxy groups -OCH3 is 1. The molecule has 0 unspecified atom stereocenters. The van der Waals surface area contributed by atoms with Crippen LogP contribution in [0.2, 0.25) is 0 Å². The fraction of sp³-hybridized carbons (Fsp3) is 0.333. The normalized spacial score (nSPS) is 18.0. The number of amidine groups is 1. The van der Waals surface area contributed by atoms with Crippen LogP contribution in [0.25, 0.3) is 11.9 Å². The molecule has 1 aromatic carbocycles. The fourth-order valence-corrected chi connectivity index (χ4v) is 4.99. The van der Waals surface area contributed by atoms with E-state index in [-0.39, 0.29) is 16.9 Å². The van der Waals surface area contributed by atoms with Gasteiger partial charge in [-0.1, -0.05) is 12.5 Å². The minimum absolute atomic E-state index is 0.0231. The van der Waals surface area contributed by atoms with E-state index >= 15 is 0 Å². The quantitative estimate of drug-likeness (QED) is 0.471. The zero-order valence-corrected chi connectivity index (χ0v) is 20.2. The van der Waals surface area contributed by atoms with Crippen molar-refractivity contribution in [3.05, 3.63) is 53.2 Å². The Morgan fingerprint density at radius 2 is 1.89 bits per heavy atom. The first-order valence-electron chi connectivity index (χ1n) is 11.5. The van der Waals surface area contributed by atoms with E-state index in [0.717, 1.165) is 37.0 Å². The van der Waals surface area contributed by atoms with E-state index in [1.165, 1.54) is 24.2 Å². The van der Waals surface area contributed by atoms with Crippen molar-refractivity contribution in [1.29, 1.82) is 5.41 Å². The molecule has 11 heteroatoms. The largest absolute Gasteiger partial charge is 0.493 e. The van der Waals surface area contributed by atoms with Crippen molar-refractivity contribution >= 4 is 34.7 Å². The maximum atomic E-state index is 13.2. The van der Waals surface area contributed by atoms with E-state index in [0.29, 0.717) is 28.8 Å². The van der Waals surface area contributed by atoms with Crippen molar-refractivity contribution in [3.63, 3.8) is 0 Å². The Balaban J connectivity index is 1.30. The zero-order chi connectivity index (χ0) is 24.2. The maximum Gasteiger partial charge on any atom is 0.272 e. The van der Waals surface area contributed by atoms with Crippen molar-refractivity contribution < 1.29 is 18.9 Å². The van der Waals surface area contributed by atoms with Gasteiger partial charge in [0.15, 0.2) is 16.7 Å². The number of nitrogens with one attached hydrogen (secondary N) is 1. The molecular weight excluding hydrogens is 468 g/mol. The third-order valence-corrected chi connectivity index (χ3v) is 6.83. The van der Waals surface area contributed by atoms with Gasteiger partial charge in [-0.25, -0.2) is 9.53 Å². The first kappa shape index (κ1) is 23.2. The number of hydrogen-bond acceptors (Lipinski definition) is 9. The molecule has 4 heterocycles. The summed E-state index contributed by atoms with van der Waals surface area (Å²) in [5.74, 6) is 1.39. The van der Waals surface area contributed by atoms with E-state index in [9.17, 15) is 4.79 Å². The van der Waals surface area contributed by atoms with Gasteiger partial charge in [0, 0.05) is 18.9 Å². The minimum atomic E-state index is -0.370. The number of likely N-dealkylation sites (tertiary alicyclic amines) is 1. The smallest absolute Gasteiger partial charge is 0.272 e. The molecule has 2 aromatic heterocycles. The second-order valence-electron chi connectivity index (χ2n) is 8.22. The Labute approximate surface area is 206 Å². The van der Waals surface area contributed by atoms with Crippen LogP contribution in [-0.4, -0.2) is 64.2 Å². The summed E-state index contributed by atoms with van der Waals surface area (Å²) in [5, 5.41) is 16.2. The van der Waals surface area contributed by atoms with Gasteiger partial charge in [-0.2, -0.15) is 0 Å². The first-order chi connectivity index (χ1) is 17.1. The predicted octanol–water partition coefficient (Wildman–Crippen LogP) is 3.79. The average Bonchev–Trinajstić information content (AvgIpc) is 3.62. The number of carbonyl (C=O) groups excluding carboxylic acids is 1. The van der Waals surface area contributed by atoms with Gasteiger partial charge in [-0.3, -0.25) is 15.1 Å². The van der Waals surface area contributed by atoms with Crippen molar-refractivity contribution in [2.24, 2.45) is 0 Å². The number of benzene rings is 1. The van der Waals surface area contributed by atoms with Crippen molar-refractivity contribution in [2.45, 2.75) is 19.3 Å². The van der Waals surface area contributed by atoms with Gasteiger partial charge in [-0.15, -0.1) is 0 Å². The molecule has 0 radical (unpaired) electrons. The molecule has 1 amide bonds. The Kier molecular flexibility index (Phi) is 6.87. The number of hydrogen-bond donors (Lipinski definition) is 1. The molecule has 3 aromatic rings. The number of carbonyl (C=O) groups is 1. The Morgan fingerprint density at radius 1 is 1.11 bits per heavy atom. The highest BCUT2D eigenvalue weighted by molar-refractivity contribution is 8.19. The summed E-state index contributed by atoms with van der Waals surface area (Å²) in [5.41, 5.74) is 0.764. The van der Waals surface area contributed by atoms with E-state index in [4.69, 9.17) is 19.5 Å². The van der Waals surface area contributed by atoms with Crippen LogP contribution in [-0.2, 0) is 4.79 Å². The summed E-state index contributed by atoms with van der Waals surface area (Å²) in [6.07, 6.45) is 9.06. The summed E-state index contributed by atoms with van der Waals surface area (Å²) < 4.78 is 18.1. The van der Waals surface area contributed by atoms with Gasteiger partial charge in [-0.05, 0) is 83.9 Å². The highest BCUT2D eigenvalue weighted by Gasteiger charge is 2.38. The van der Waals surface area contributed by atoms with Crippen molar-refractivity contribution in [2.75, 3.05) is 38.3 Å². The standard InChI is InChI=1S/C24H26N6O4S/c1-32-19-15-17(7-8-18(19)33-14-13-28-9-3-2-4-10-28)16-20-23(31)30(24(25)35-20)22-21(26-34-27-22)29-11-5-6-12-29/h5-8,11-12,15-16,25H,2-4,9-10,13-14H2,1H3. The lowest BCUT2D eigenvalue weighted by atomic mass is 10.1. The van der Waals surface area contributed by atoms with E-state index in [2.05, 4.69) is 15.2 Å². The van der Waals surface area contributed by atoms with Crippen LogP contribution < -0.4 is 14.4 Å². The lowest BCUT2D eigenvalue weighted by molar-refractivity contribution is -0.113. The third-order valence-electron chi connectivity index (χ3n) is 5.94. The molecule has 10 nitrogen and oxygen atoms in total. The molecule has 2 fully saturated rings. The molecule has 0 saturated carbocycles. The molecular formula is C24H26N6O4S. The fourth-order valence-electron chi connectivity index (χ4n) is 4.15. The van der Waals surface area contributed by atoms with Gasteiger partial charge in [0.1, 0.15) is 6.61 Å². The topological polar surface area (TPSA) is 110 Å². The van der Waals surface area contributed by atoms with Crippen LogP contribution in [0, 0.1) is 5.41 Å². The van der Waals surface area contributed by atoms with Gasteiger partial charge >= 0.3 is 0 Å². The molecule has 182 valence electrons. The predicted molar refractivity (Wildman–Crippen MR) is 133 cm³/mol. The van der Waals surface area contributed by atoms with Gasteiger partial charge < -0.3 is 14.0 Å². The van der Waals surface area contributed by atoms with Crippen LogP contribution >= 0.6 is 11.8 Å². The number of aromatic nitrogens is 3. The molecule has 0 aliphatic carbocycles. The van der Waals surface area contributed by atoms with Gasteiger partial charge in [0.05, 0.1) is 12.0 Å². The number of ether oxygens (including phenoxy) is 2. The highest BCUT2D eigenvalue weighted by Crippen LogP contribution is 2.37. The van der Waals surface area contributed by atoms with Gasteiger partial charge in [0.25, 0.3) is 5.91 Å². The number of rotatable bonds is 8. The summed E-state index contributed by atoms with van der Waals surface area (Å²) in [7, 11) is 1.59. The number of amides is 1. The van der Waals surface area contributed by atoms with E-state index in [1.807, 2.05) is 30.3 Å². The number of nitrogens with zero attached hydrogens (tertiary/aromatic N) is 5. The Bertz CT molecular complexity index is 1230. The van der Waals surface area contributed by atoms with Crippen LogP contribution in [0.3, 0.4) is 0 Å². The third kappa shape index (κ3) is 4.96. The summed E-state index contributed by atoms with van der Waals surface area (Å²) >= 11 is 1.05. The van der Waals surface area contributed by atoms with E-state index in [1.54, 1.807) is 30.1 Å². The molecule has 0 spiro atoms. The number of thioether (sulfide) groups is 1. The Hall–Kier alpha value is -3.57. The van der Waals surface area contributed by atoms with Crippen LogP contribution in [0.5, 0.6) is 11.5 Å². The summed E-state index contributed by atoms with van der Waals surface area (Å²) in [6.45, 7) is 3.73. The molecule has 35 heavy (non-hydrogen) atoms. The molecule has 0 bridgehead atoms. The molecule has 2 aliphatic heterocycles. The van der Waals surface area contributed by atoms with Crippen LogP contribution in [0.15, 0.2) is 52.3 Å². The second kappa shape index (κ2) is 10.4. The van der Waals surface area contributed by atoms with Crippen LogP contribution in [0.1, 0.15) is 24.8 Å². The van der Waals surface area contributed by atoms with Gasteiger partial charge in [0.2, 0.25) is 11.6 Å². The summed E-state index contributed by atoms with van der Waals surface area (Å²) in [4.78, 5) is 17.2. The highest BCUT2D eigenvalue weighted by atomic mass is 32.2. The lowest BCUT2D eigenvalue weighted by Crippen LogP contribution is -2.33. The number of piperidine rings is 1. The van der Waals surface area contributed by atoms with Crippen molar-refractivity contribution in [3.8, 4) is 17.3 Å². The molecule has 2 aliphatic rings. The molecule has 2 saturated heterocycles. The average molecular weight is 495 g/mol. The summed E-state index contributed by atoms with van der Waals surface area (Å²) in [6, 6.07) is 9.19. The van der Waals surface area contributed by atoms with Crippen molar-refractivity contribution in [1.82, 2.24) is 19.8 Å². The monoisotopic (exact) mass is 494 g/mol. The van der Waals surface area contributed by atoms with E-state index < -0.39 is 0 Å². The Morgan fingerprint density at radius 3 is 2.66 bits per heavy atom. The number of anilines is 1. The SMILES string of the molecule is COc1cc(C=C2SC(=N)N(c3nonc3-n3cccc3)C2=O)ccc1OCCN1CCCCC1. The maximum absolute atomic E-state index is 13.2.